The van der Waals surface area contributed by atoms with E-state index in [-0.39, 0.29) is 17.9 Å². The number of nitrogens with one attached hydrogen (secondary N) is 1. The van der Waals surface area contributed by atoms with E-state index in [0.717, 1.165) is 32.1 Å². The minimum absolute atomic E-state index is 0.0338. The highest BCUT2D eigenvalue weighted by atomic mass is 16.6. The molecule has 134 valence electrons. The summed E-state index contributed by atoms with van der Waals surface area (Å²) in [5.74, 6) is -0.0125. The number of nitrogens with zero attached hydrogens (tertiary/aromatic N) is 2. The highest BCUT2D eigenvalue weighted by molar-refractivity contribution is 5.87. The maximum atomic E-state index is 13.1. The molecule has 2 aliphatic rings. The summed E-state index contributed by atoms with van der Waals surface area (Å²) in [7, 11) is 0. The Bertz CT molecular complexity index is 515. The summed E-state index contributed by atoms with van der Waals surface area (Å²) >= 11 is 0. The summed E-state index contributed by atoms with van der Waals surface area (Å²) in [6, 6.07) is 1.27. The fraction of sp³-hybridized carbons (Fsp3) is 0.833. The van der Waals surface area contributed by atoms with Crippen LogP contribution >= 0.6 is 0 Å². The van der Waals surface area contributed by atoms with E-state index in [1.165, 1.54) is 0 Å². The normalized spacial score (nSPS) is 26.0. The summed E-state index contributed by atoms with van der Waals surface area (Å²) < 4.78 is 5.33. The minimum atomic E-state index is -0.608. The van der Waals surface area contributed by atoms with Crippen LogP contribution in [0, 0.1) is 17.2 Å². The van der Waals surface area contributed by atoms with Gasteiger partial charge in [0.05, 0.1) is 6.07 Å². The molecule has 1 saturated heterocycles. The maximum Gasteiger partial charge on any atom is 0.408 e. The van der Waals surface area contributed by atoms with Gasteiger partial charge in [0.2, 0.25) is 5.91 Å². The van der Waals surface area contributed by atoms with Crippen molar-refractivity contribution in [1.29, 1.82) is 5.26 Å². The van der Waals surface area contributed by atoms with Crippen LogP contribution in [0.2, 0.25) is 0 Å². The van der Waals surface area contributed by atoms with Gasteiger partial charge in [0, 0.05) is 6.04 Å². The van der Waals surface area contributed by atoms with Crippen molar-refractivity contribution in [3.63, 3.8) is 0 Å². The lowest BCUT2D eigenvalue weighted by molar-refractivity contribution is -0.136. The average molecular weight is 335 g/mol. The average Bonchev–Trinajstić information content (AvgIpc) is 3.11. The van der Waals surface area contributed by atoms with Crippen LogP contribution in [0.4, 0.5) is 4.79 Å². The van der Waals surface area contributed by atoms with Crippen LogP contribution in [0.15, 0.2) is 0 Å². The van der Waals surface area contributed by atoms with Gasteiger partial charge in [-0.1, -0.05) is 12.8 Å². The van der Waals surface area contributed by atoms with Crippen molar-refractivity contribution in [2.24, 2.45) is 5.92 Å². The number of rotatable bonds is 3. The molecule has 1 aliphatic carbocycles. The molecular weight excluding hydrogens is 306 g/mol. The van der Waals surface area contributed by atoms with Crippen molar-refractivity contribution in [2.75, 3.05) is 0 Å². The van der Waals surface area contributed by atoms with E-state index >= 15 is 0 Å². The molecule has 2 unspecified atom stereocenters. The van der Waals surface area contributed by atoms with Gasteiger partial charge in [0.1, 0.15) is 17.7 Å². The zero-order valence-corrected chi connectivity index (χ0v) is 15.2. The smallest absolute Gasteiger partial charge is 0.408 e. The zero-order chi connectivity index (χ0) is 17.9. The first-order valence-electron chi connectivity index (χ1n) is 8.94. The van der Waals surface area contributed by atoms with Crippen LogP contribution in [0.5, 0.6) is 0 Å². The Morgan fingerprint density at radius 3 is 2.38 bits per heavy atom. The number of carbonyl (C=O) groups excluding carboxylic acids is 2. The second kappa shape index (κ2) is 7.42. The quantitative estimate of drug-likeness (QED) is 0.859. The predicted octanol–water partition coefficient (Wildman–Crippen LogP) is 2.97. The van der Waals surface area contributed by atoms with Gasteiger partial charge in [0.25, 0.3) is 0 Å². The number of hydrogen-bond acceptors (Lipinski definition) is 4. The van der Waals surface area contributed by atoms with Gasteiger partial charge in [-0.3, -0.25) is 4.79 Å². The molecule has 1 aliphatic heterocycles. The monoisotopic (exact) mass is 335 g/mol. The molecule has 6 heteroatoms. The van der Waals surface area contributed by atoms with Crippen molar-refractivity contribution in [3.8, 4) is 6.07 Å². The molecular formula is C18H29N3O3. The summed E-state index contributed by atoms with van der Waals surface area (Å²) in [4.78, 5) is 27.0. The Labute approximate surface area is 144 Å². The van der Waals surface area contributed by atoms with Gasteiger partial charge >= 0.3 is 6.09 Å². The van der Waals surface area contributed by atoms with Crippen molar-refractivity contribution < 1.29 is 14.3 Å². The third-order valence-corrected chi connectivity index (χ3v) is 4.88. The lowest BCUT2D eigenvalue weighted by atomic mass is 9.96. The highest BCUT2D eigenvalue weighted by Gasteiger charge is 2.42. The van der Waals surface area contributed by atoms with Gasteiger partial charge in [-0.15, -0.1) is 0 Å². The van der Waals surface area contributed by atoms with Gasteiger partial charge in [-0.05, 0) is 59.3 Å². The van der Waals surface area contributed by atoms with Crippen LogP contribution < -0.4 is 5.32 Å². The number of likely N-dealkylation sites (tertiary alicyclic amines) is 1. The Morgan fingerprint density at radius 2 is 1.83 bits per heavy atom. The Morgan fingerprint density at radius 1 is 1.21 bits per heavy atom. The fourth-order valence-corrected chi connectivity index (χ4v) is 3.75. The molecule has 3 atom stereocenters. The number of amides is 2. The van der Waals surface area contributed by atoms with Crippen LogP contribution in [0.25, 0.3) is 0 Å². The maximum absolute atomic E-state index is 13.1. The predicted molar refractivity (Wildman–Crippen MR) is 90.1 cm³/mol. The Kier molecular flexibility index (Phi) is 5.74. The molecule has 6 nitrogen and oxygen atoms in total. The molecule has 2 rings (SSSR count). The molecule has 0 aromatic heterocycles. The minimum Gasteiger partial charge on any atom is -0.444 e. The van der Waals surface area contributed by atoms with Gasteiger partial charge < -0.3 is 15.0 Å². The summed E-state index contributed by atoms with van der Waals surface area (Å²) in [6.07, 6.45) is 4.95. The second-order valence-corrected chi connectivity index (χ2v) is 7.99. The van der Waals surface area contributed by atoms with Crippen molar-refractivity contribution in [1.82, 2.24) is 10.2 Å². The molecule has 1 heterocycles. The van der Waals surface area contributed by atoms with Crippen molar-refractivity contribution >= 4 is 12.0 Å². The molecule has 0 bridgehead atoms. The van der Waals surface area contributed by atoms with E-state index in [4.69, 9.17) is 4.74 Å². The van der Waals surface area contributed by atoms with Crippen LogP contribution in [0.1, 0.15) is 66.2 Å². The van der Waals surface area contributed by atoms with E-state index in [0.29, 0.717) is 6.42 Å². The van der Waals surface area contributed by atoms with Gasteiger partial charge in [-0.2, -0.15) is 5.26 Å². The number of alkyl carbamates (subject to hydrolysis) is 1. The zero-order valence-electron chi connectivity index (χ0n) is 15.2. The number of hydrogen-bond donors (Lipinski definition) is 1. The van der Waals surface area contributed by atoms with Crippen LogP contribution in [-0.4, -0.2) is 40.6 Å². The third-order valence-electron chi connectivity index (χ3n) is 4.88. The molecule has 24 heavy (non-hydrogen) atoms. The SMILES string of the molecule is CC1CCC(C#N)N1C(=O)[C@@H](NC(=O)OC(C)(C)C)C1CCCC1. The van der Waals surface area contributed by atoms with E-state index in [9.17, 15) is 14.9 Å². The van der Waals surface area contributed by atoms with E-state index in [1.54, 1.807) is 25.7 Å². The molecule has 0 spiro atoms. The van der Waals surface area contributed by atoms with E-state index < -0.39 is 23.8 Å². The molecule has 0 aromatic carbocycles. The third kappa shape index (κ3) is 4.40. The van der Waals surface area contributed by atoms with Gasteiger partial charge in [-0.25, -0.2) is 4.79 Å². The molecule has 2 amide bonds. The van der Waals surface area contributed by atoms with Crippen LogP contribution in [-0.2, 0) is 9.53 Å². The first kappa shape index (κ1) is 18.6. The summed E-state index contributed by atoms with van der Waals surface area (Å²) in [5.41, 5.74) is -0.608. The Balaban J connectivity index is 2.15. The summed E-state index contributed by atoms with van der Waals surface area (Å²) in [6.45, 7) is 7.36. The largest absolute Gasteiger partial charge is 0.444 e. The van der Waals surface area contributed by atoms with Crippen LogP contribution in [0.3, 0.4) is 0 Å². The highest BCUT2D eigenvalue weighted by Crippen LogP contribution is 2.32. The van der Waals surface area contributed by atoms with Crippen molar-refractivity contribution in [2.45, 2.75) is 89.9 Å². The molecule has 1 N–H and O–H groups in total. The molecule has 1 saturated carbocycles. The van der Waals surface area contributed by atoms with E-state index in [1.807, 2.05) is 6.92 Å². The fourth-order valence-electron chi connectivity index (χ4n) is 3.75. The number of ether oxygens (including phenoxy) is 1. The topological polar surface area (TPSA) is 82.4 Å². The standard InChI is InChI=1S/C18H29N3O3/c1-12-9-10-14(11-19)21(12)16(22)15(13-7-5-6-8-13)20-17(23)24-18(2,3)4/h12-15H,5-10H2,1-4H3,(H,20,23)/t12?,14?,15-/m0/s1. The Hall–Kier alpha value is -1.77. The lowest BCUT2D eigenvalue weighted by Crippen LogP contribution is -2.55. The van der Waals surface area contributed by atoms with E-state index in [2.05, 4.69) is 11.4 Å². The lowest BCUT2D eigenvalue weighted by Gasteiger charge is -2.33. The molecule has 0 radical (unpaired) electrons. The molecule has 0 aromatic rings. The summed E-state index contributed by atoms with van der Waals surface area (Å²) in [5, 5.41) is 12.1. The number of nitriles is 1. The van der Waals surface area contributed by atoms with Crippen molar-refractivity contribution in [3.05, 3.63) is 0 Å². The second-order valence-electron chi connectivity index (χ2n) is 7.99. The number of carbonyl (C=O) groups is 2. The molecule has 2 fully saturated rings. The van der Waals surface area contributed by atoms with Gasteiger partial charge in [0.15, 0.2) is 0 Å². The first-order chi connectivity index (χ1) is 11.2. The first-order valence-corrected chi connectivity index (χ1v) is 8.94.